The van der Waals surface area contributed by atoms with Crippen molar-refractivity contribution in [2.45, 2.75) is 13.1 Å². The fourth-order valence-electron chi connectivity index (χ4n) is 4.98. The average Bonchev–Trinajstić information content (AvgIpc) is 3.74. The van der Waals surface area contributed by atoms with E-state index in [2.05, 4.69) is 0 Å². The van der Waals surface area contributed by atoms with E-state index in [1.807, 2.05) is 89.8 Å². The molecule has 0 aliphatic carbocycles. The zero-order chi connectivity index (χ0) is 30.3. The molecule has 0 fully saturated rings. The minimum absolute atomic E-state index is 0.0986. The van der Waals surface area contributed by atoms with Gasteiger partial charge in [0.1, 0.15) is 5.75 Å². The Balaban J connectivity index is 0.000000134. The van der Waals surface area contributed by atoms with Crippen LogP contribution in [-0.2, 0) is 13.1 Å². The van der Waals surface area contributed by atoms with Crippen LogP contribution in [0.3, 0.4) is 0 Å². The van der Waals surface area contributed by atoms with Gasteiger partial charge in [-0.15, -0.1) is 0 Å². The van der Waals surface area contributed by atoms with Crippen LogP contribution in [0.15, 0.2) is 122 Å². The summed E-state index contributed by atoms with van der Waals surface area (Å²) in [6.07, 6.45) is 1.20. The van der Waals surface area contributed by atoms with Gasteiger partial charge in [0.05, 0.1) is 18.1 Å². The van der Waals surface area contributed by atoms with Crippen LogP contribution in [0.4, 0.5) is 9.59 Å². The molecular weight excluding hydrogens is 546 g/mol. The van der Waals surface area contributed by atoms with Crippen molar-refractivity contribution in [1.82, 2.24) is 14.0 Å². The Kier molecular flexibility index (Phi) is 8.53. The Morgan fingerprint density at radius 2 is 1.21 bits per heavy atom. The van der Waals surface area contributed by atoms with Crippen molar-refractivity contribution in [2.24, 2.45) is 0 Å². The number of hydrogen-bond acceptors (Lipinski definition) is 4. The lowest BCUT2D eigenvalue weighted by Crippen LogP contribution is -2.23. The van der Waals surface area contributed by atoms with Gasteiger partial charge in [-0.2, -0.15) is 0 Å². The Bertz CT molecular complexity index is 1840. The third-order valence-corrected chi connectivity index (χ3v) is 7.06. The van der Waals surface area contributed by atoms with Crippen LogP contribution in [0, 0.1) is 0 Å². The average molecular weight is 576 g/mol. The SMILES string of the molecule is COc1ccccc1CN1Cc2ccccc2C1=O.O=C(O)n1ccc2ccccc21.O=C(O)n1ccc2ccccc21. The first-order valence-electron chi connectivity index (χ1n) is 13.4. The number of ether oxygens (including phenoxy) is 1. The van der Waals surface area contributed by atoms with Gasteiger partial charge in [0.2, 0.25) is 0 Å². The van der Waals surface area contributed by atoms with Gasteiger partial charge in [-0.25, -0.2) is 9.59 Å². The minimum Gasteiger partial charge on any atom is -0.496 e. The molecule has 0 saturated carbocycles. The van der Waals surface area contributed by atoms with Crippen LogP contribution in [-0.4, -0.2) is 49.5 Å². The summed E-state index contributed by atoms with van der Waals surface area (Å²) in [7, 11) is 1.65. The van der Waals surface area contributed by atoms with E-state index in [4.69, 9.17) is 14.9 Å². The Hall–Kier alpha value is -5.83. The highest BCUT2D eigenvalue weighted by molar-refractivity contribution is 5.98. The predicted molar refractivity (Wildman–Crippen MR) is 164 cm³/mol. The van der Waals surface area contributed by atoms with Crippen molar-refractivity contribution in [3.8, 4) is 5.75 Å². The Morgan fingerprint density at radius 3 is 1.77 bits per heavy atom. The molecular formula is C34H29N3O6. The van der Waals surface area contributed by atoms with Crippen LogP contribution in [0.2, 0.25) is 0 Å². The standard InChI is InChI=1S/C16H15NO2.2C9H7NO2/c1-19-15-9-5-3-7-13(15)11-17-10-12-6-2-4-8-14(12)16(17)18;2*11-9(12)10-6-5-7-3-1-2-4-8(7)10/h2-9H,10-11H2,1H3;2*1-6H,(H,11,12). The molecule has 0 atom stereocenters. The molecule has 0 saturated heterocycles. The lowest BCUT2D eigenvalue weighted by Gasteiger charge is -2.17. The topological polar surface area (TPSA) is 114 Å². The maximum Gasteiger partial charge on any atom is 0.415 e. The fraction of sp³-hybridized carbons (Fsp3) is 0.0882. The number of benzene rings is 4. The van der Waals surface area contributed by atoms with Gasteiger partial charge in [-0.05, 0) is 42.0 Å². The van der Waals surface area contributed by atoms with Gasteiger partial charge in [-0.1, -0.05) is 72.8 Å². The van der Waals surface area contributed by atoms with Gasteiger partial charge in [0.15, 0.2) is 0 Å². The molecule has 43 heavy (non-hydrogen) atoms. The number of hydrogen-bond donors (Lipinski definition) is 2. The second-order valence-electron chi connectivity index (χ2n) is 9.68. The lowest BCUT2D eigenvalue weighted by molar-refractivity contribution is 0.0765. The number of carbonyl (C=O) groups is 3. The molecule has 1 aliphatic heterocycles. The van der Waals surface area contributed by atoms with Crippen LogP contribution >= 0.6 is 0 Å². The van der Waals surface area contributed by atoms with Gasteiger partial charge >= 0.3 is 12.2 Å². The monoisotopic (exact) mass is 575 g/mol. The molecule has 2 N–H and O–H groups in total. The quantitative estimate of drug-likeness (QED) is 0.231. The summed E-state index contributed by atoms with van der Waals surface area (Å²) in [4.78, 5) is 35.4. The highest BCUT2D eigenvalue weighted by atomic mass is 16.5. The fourth-order valence-corrected chi connectivity index (χ4v) is 4.98. The van der Waals surface area contributed by atoms with E-state index in [9.17, 15) is 14.4 Å². The molecule has 7 rings (SSSR count). The molecule has 6 aromatic rings. The van der Waals surface area contributed by atoms with E-state index in [1.54, 1.807) is 43.8 Å². The van der Waals surface area contributed by atoms with Crippen molar-refractivity contribution in [3.63, 3.8) is 0 Å². The van der Waals surface area contributed by atoms with E-state index in [1.165, 1.54) is 9.13 Å². The normalized spacial score (nSPS) is 11.7. The molecule has 0 bridgehead atoms. The second kappa shape index (κ2) is 12.8. The highest BCUT2D eigenvalue weighted by Crippen LogP contribution is 2.27. The number of nitrogens with zero attached hydrogens (tertiary/aromatic N) is 3. The van der Waals surface area contributed by atoms with Crippen LogP contribution in [0.5, 0.6) is 5.75 Å². The second-order valence-corrected chi connectivity index (χ2v) is 9.68. The largest absolute Gasteiger partial charge is 0.496 e. The summed E-state index contributed by atoms with van der Waals surface area (Å²) >= 11 is 0. The van der Waals surface area contributed by atoms with Crippen molar-refractivity contribution >= 4 is 39.9 Å². The van der Waals surface area contributed by atoms with Crippen molar-refractivity contribution in [3.05, 3.63) is 138 Å². The molecule has 216 valence electrons. The van der Waals surface area contributed by atoms with Crippen molar-refractivity contribution < 1.29 is 29.3 Å². The number of fused-ring (bicyclic) bond motifs is 3. The number of amides is 1. The number of carboxylic acid groups (broad SMARTS) is 2. The van der Waals surface area contributed by atoms with E-state index in [0.29, 0.717) is 13.1 Å². The van der Waals surface area contributed by atoms with E-state index >= 15 is 0 Å². The number of carbonyl (C=O) groups excluding carboxylic acids is 1. The molecule has 0 unspecified atom stereocenters. The Labute approximate surface area is 247 Å². The summed E-state index contributed by atoms with van der Waals surface area (Å²) in [5.41, 5.74) is 4.40. The number of methoxy groups -OCH3 is 1. The predicted octanol–water partition coefficient (Wildman–Crippen LogP) is 7.19. The smallest absolute Gasteiger partial charge is 0.415 e. The molecule has 4 aromatic carbocycles. The highest BCUT2D eigenvalue weighted by Gasteiger charge is 2.27. The summed E-state index contributed by atoms with van der Waals surface area (Å²) in [5, 5.41) is 19.4. The van der Waals surface area contributed by atoms with Gasteiger partial charge in [0.25, 0.3) is 5.91 Å². The first-order valence-corrected chi connectivity index (χ1v) is 13.4. The van der Waals surface area contributed by atoms with E-state index in [0.717, 1.165) is 44.2 Å². The molecule has 9 nitrogen and oxygen atoms in total. The van der Waals surface area contributed by atoms with Crippen LogP contribution in [0.1, 0.15) is 21.5 Å². The summed E-state index contributed by atoms with van der Waals surface area (Å²) in [6, 6.07) is 33.9. The third kappa shape index (κ3) is 6.25. The number of para-hydroxylation sites is 3. The molecule has 2 aromatic heterocycles. The molecule has 0 radical (unpaired) electrons. The van der Waals surface area contributed by atoms with E-state index in [-0.39, 0.29) is 5.91 Å². The third-order valence-electron chi connectivity index (χ3n) is 7.06. The molecule has 9 heteroatoms. The van der Waals surface area contributed by atoms with Crippen molar-refractivity contribution in [1.29, 1.82) is 0 Å². The molecule has 3 heterocycles. The maximum absolute atomic E-state index is 12.3. The number of rotatable bonds is 3. The first kappa shape index (κ1) is 28.7. The first-order chi connectivity index (χ1) is 20.9. The minimum atomic E-state index is -0.948. The van der Waals surface area contributed by atoms with E-state index < -0.39 is 12.2 Å². The summed E-state index contributed by atoms with van der Waals surface area (Å²) < 4.78 is 7.74. The summed E-state index contributed by atoms with van der Waals surface area (Å²) in [6.45, 7) is 1.25. The van der Waals surface area contributed by atoms with Crippen LogP contribution in [0.25, 0.3) is 21.8 Å². The molecule has 1 aliphatic rings. The number of aromatic nitrogens is 2. The zero-order valence-electron chi connectivity index (χ0n) is 23.3. The van der Waals surface area contributed by atoms with Crippen LogP contribution < -0.4 is 4.74 Å². The van der Waals surface area contributed by atoms with Gasteiger partial charge in [0, 0.05) is 47.4 Å². The van der Waals surface area contributed by atoms with Crippen molar-refractivity contribution in [2.75, 3.05) is 7.11 Å². The Morgan fingerprint density at radius 1 is 0.698 bits per heavy atom. The zero-order valence-corrected chi connectivity index (χ0v) is 23.3. The lowest BCUT2D eigenvalue weighted by atomic mass is 10.1. The summed E-state index contributed by atoms with van der Waals surface area (Å²) in [5.74, 6) is 0.924. The molecule has 1 amide bonds. The molecule has 0 spiro atoms. The van der Waals surface area contributed by atoms with Gasteiger partial charge in [-0.3, -0.25) is 13.9 Å². The maximum atomic E-state index is 12.3. The van der Waals surface area contributed by atoms with Gasteiger partial charge < -0.3 is 19.8 Å².